The number of benzene rings is 1. The molecule has 0 saturated heterocycles. The first-order valence-electron chi connectivity index (χ1n) is 3.43. The Morgan fingerprint density at radius 1 is 1.31 bits per heavy atom. The SMILES string of the molecule is C[S+]=O.Cc1ccc(S(=O)[O-])cc1. The molecule has 72 valence electrons. The Hall–Kier alpha value is -0.650. The Labute approximate surface area is 84.0 Å². The summed E-state index contributed by atoms with van der Waals surface area (Å²) in [7, 11) is 0. The molecule has 0 aliphatic rings. The van der Waals surface area contributed by atoms with Gasteiger partial charge in [-0.05, 0) is 30.1 Å². The minimum absolute atomic E-state index is 0.339. The third kappa shape index (κ3) is 5.57. The lowest BCUT2D eigenvalue weighted by Crippen LogP contribution is -1.87. The second kappa shape index (κ2) is 6.82. The van der Waals surface area contributed by atoms with Gasteiger partial charge in [-0.15, -0.1) is 0 Å². The van der Waals surface area contributed by atoms with Crippen molar-refractivity contribution in [3.63, 3.8) is 0 Å². The summed E-state index contributed by atoms with van der Waals surface area (Å²) in [6.45, 7) is 1.91. The lowest BCUT2D eigenvalue weighted by atomic mass is 10.2. The van der Waals surface area contributed by atoms with E-state index in [1.807, 2.05) is 6.92 Å². The molecule has 1 unspecified atom stereocenters. The summed E-state index contributed by atoms with van der Waals surface area (Å²) in [6, 6.07) is 6.70. The van der Waals surface area contributed by atoms with Crippen LogP contribution in [0.25, 0.3) is 0 Å². The number of hydrogen-bond donors (Lipinski definition) is 0. The number of rotatable bonds is 1. The first-order chi connectivity index (χ1) is 6.11. The fourth-order valence-corrected chi connectivity index (χ4v) is 1.01. The van der Waals surface area contributed by atoms with Gasteiger partial charge >= 0.3 is 11.7 Å². The summed E-state index contributed by atoms with van der Waals surface area (Å²) in [4.78, 5) is 0.339. The van der Waals surface area contributed by atoms with E-state index in [4.69, 9.17) is 4.21 Å². The zero-order valence-corrected chi connectivity index (χ0v) is 8.98. The van der Waals surface area contributed by atoms with Gasteiger partial charge in [-0.2, -0.15) is 0 Å². The van der Waals surface area contributed by atoms with E-state index < -0.39 is 11.1 Å². The van der Waals surface area contributed by atoms with Gasteiger partial charge in [-0.25, -0.2) is 0 Å². The Bertz CT molecular complexity index is 282. The standard InChI is InChI=1S/C7H8O2S.CH3OS/c1-6-2-4-7(5-3-6)10(8)9;1-3-2/h2-5H,1H3,(H,8,9);1H3/q;+1/p-1. The van der Waals surface area contributed by atoms with Gasteiger partial charge in [0.25, 0.3) is 0 Å². The number of hydrogen-bond acceptors (Lipinski definition) is 3. The Morgan fingerprint density at radius 2 is 1.69 bits per heavy atom. The van der Waals surface area contributed by atoms with E-state index in [0.29, 0.717) is 16.6 Å². The summed E-state index contributed by atoms with van der Waals surface area (Å²) in [6.07, 6.45) is 1.49. The molecule has 0 amide bonds. The van der Waals surface area contributed by atoms with Crippen molar-refractivity contribution in [2.45, 2.75) is 11.8 Å². The third-order valence-corrected chi connectivity index (χ3v) is 1.87. The van der Waals surface area contributed by atoms with E-state index in [0.717, 1.165) is 5.56 Å². The molecule has 0 bridgehead atoms. The molecule has 0 aromatic heterocycles. The largest absolute Gasteiger partial charge is 0.768 e. The molecule has 0 N–H and O–H groups in total. The zero-order chi connectivity index (χ0) is 10.3. The first-order valence-corrected chi connectivity index (χ1v) is 5.66. The fourth-order valence-electron chi connectivity index (χ4n) is 0.649. The fraction of sp³-hybridized carbons (Fsp3) is 0.250. The van der Waals surface area contributed by atoms with Crippen LogP contribution in [0.2, 0.25) is 0 Å². The van der Waals surface area contributed by atoms with Crippen molar-refractivity contribution in [1.29, 1.82) is 0 Å². The molecule has 13 heavy (non-hydrogen) atoms. The molecule has 0 aliphatic heterocycles. The minimum Gasteiger partial charge on any atom is -0.768 e. The van der Waals surface area contributed by atoms with Crippen LogP contribution in [0.3, 0.4) is 0 Å². The lowest BCUT2D eigenvalue weighted by molar-refractivity contribution is 0.537. The average molecular weight is 218 g/mol. The maximum absolute atomic E-state index is 10.3. The first kappa shape index (κ1) is 12.3. The van der Waals surface area contributed by atoms with Gasteiger partial charge in [0, 0.05) is 9.10 Å². The highest BCUT2D eigenvalue weighted by Gasteiger charge is 1.88. The predicted octanol–water partition coefficient (Wildman–Crippen LogP) is 1.28. The van der Waals surface area contributed by atoms with E-state index >= 15 is 0 Å². The molecule has 0 saturated carbocycles. The van der Waals surface area contributed by atoms with E-state index in [-0.39, 0.29) is 0 Å². The van der Waals surface area contributed by atoms with Gasteiger partial charge in [0.05, 0.1) is 0 Å². The molecule has 0 spiro atoms. The van der Waals surface area contributed by atoms with Crippen molar-refractivity contribution in [2.75, 3.05) is 6.26 Å². The van der Waals surface area contributed by atoms with Crippen LogP contribution in [0, 0.1) is 6.92 Å². The third-order valence-electron chi connectivity index (χ3n) is 1.21. The van der Waals surface area contributed by atoms with Crippen LogP contribution >= 0.6 is 0 Å². The number of aryl methyl sites for hydroxylation is 1. The second-order valence-electron chi connectivity index (χ2n) is 2.21. The van der Waals surface area contributed by atoms with Crippen LogP contribution in [0.1, 0.15) is 5.56 Å². The van der Waals surface area contributed by atoms with Crippen LogP contribution < -0.4 is 0 Å². The maximum Gasteiger partial charge on any atom is 0.455 e. The smallest absolute Gasteiger partial charge is 0.455 e. The average Bonchev–Trinajstić information content (AvgIpc) is 2.06. The van der Waals surface area contributed by atoms with Crippen molar-refractivity contribution in [3.8, 4) is 0 Å². The quantitative estimate of drug-likeness (QED) is 0.527. The van der Waals surface area contributed by atoms with Gasteiger partial charge < -0.3 is 4.55 Å². The van der Waals surface area contributed by atoms with Crippen LogP contribution in [-0.4, -0.2) is 15.0 Å². The normalized spacial score (nSPS) is 11.0. The maximum atomic E-state index is 10.3. The zero-order valence-electron chi connectivity index (χ0n) is 7.35. The van der Waals surface area contributed by atoms with Gasteiger partial charge in [-0.3, -0.25) is 4.21 Å². The topological polar surface area (TPSA) is 57.2 Å². The predicted molar refractivity (Wildman–Crippen MR) is 52.3 cm³/mol. The van der Waals surface area contributed by atoms with Crippen molar-refractivity contribution in [1.82, 2.24) is 0 Å². The summed E-state index contributed by atoms with van der Waals surface area (Å²) in [5.41, 5.74) is 1.06. The van der Waals surface area contributed by atoms with Crippen molar-refractivity contribution >= 4 is 22.7 Å². The molecular weight excluding hydrogens is 208 g/mol. The lowest BCUT2D eigenvalue weighted by Gasteiger charge is -2.03. The molecule has 0 aliphatic carbocycles. The Morgan fingerprint density at radius 3 is 2.00 bits per heavy atom. The van der Waals surface area contributed by atoms with Gasteiger partial charge in [0.2, 0.25) is 6.26 Å². The van der Waals surface area contributed by atoms with Crippen molar-refractivity contribution < 1.29 is 13.0 Å². The molecular formula is C8H10O3S2. The van der Waals surface area contributed by atoms with Crippen LogP contribution in [0.15, 0.2) is 29.2 Å². The molecule has 1 atom stereocenters. The highest BCUT2D eigenvalue weighted by Crippen LogP contribution is 2.05. The van der Waals surface area contributed by atoms with Gasteiger partial charge in [-0.1, -0.05) is 17.7 Å². The monoisotopic (exact) mass is 218 g/mol. The molecule has 5 heteroatoms. The van der Waals surface area contributed by atoms with E-state index in [9.17, 15) is 8.76 Å². The van der Waals surface area contributed by atoms with Crippen molar-refractivity contribution in [3.05, 3.63) is 29.8 Å². The van der Waals surface area contributed by atoms with Crippen molar-refractivity contribution in [2.24, 2.45) is 0 Å². The Kier molecular flexibility index (Phi) is 6.48. The Balaban J connectivity index is 0.000000424. The minimum atomic E-state index is -2.09. The van der Waals surface area contributed by atoms with E-state index in [2.05, 4.69) is 0 Å². The highest BCUT2D eigenvalue weighted by atomic mass is 32.2. The molecule has 3 nitrogen and oxygen atoms in total. The molecule has 1 aromatic rings. The molecule has 0 heterocycles. The highest BCUT2D eigenvalue weighted by molar-refractivity contribution is 7.79. The summed E-state index contributed by atoms with van der Waals surface area (Å²) < 4.78 is 29.5. The van der Waals surface area contributed by atoms with E-state index in [1.54, 1.807) is 24.3 Å². The molecule has 1 rings (SSSR count). The van der Waals surface area contributed by atoms with Crippen LogP contribution in [-0.2, 0) is 27.0 Å². The summed E-state index contributed by atoms with van der Waals surface area (Å²) in [5, 5.41) is 0. The van der Waals surface area contributed by atoms with Crippen LogP contribution in [0.5, 0.6) is 0 Å². The van der Waals surface area contributed by atoms with Crippen LogP contribution in [0.4, 0.5) is 0 Å². The molecule has 0 fully saturated rings. The molecule has 1 aromatic carbocycles. The van der Waals surface area contributed by atoms with Gasteiger partial charge in [0.1, 0.15) is 0 Å². The second-order valence-corrected chi connectivity index (χ2v) is 3.49. The van der Waals surface area contributed by atoms with Gasteiger partial charge in [0.15, 0.2) is 0 Å². The summed E-state index contributed by atoms with van der Waals surface area (Å²) >= 11 is -1.59. The van der Waals surface area contributed by atoms with E-state index in [1.165, 1.54) is 6.26 Å². The summed E-state index contributed by atoms with van der Waals surface area (Å²) in [5.74, 6) is 0. The molecule has 0 radical (unpaired) electrons.